The highest BCUT2D eigenvalue weighted by Gasteiger charge is 2.01. The Hall–Kier alpha value is -2.16. The Morgan fingerprint density at radius 2 is 1.40 bits per heavy atom. The minimum atomic E-state index is 0.475. The van der Waals surface area contributed by atoms with E-state index in [4.69, 9.17) is 9.47 Å². The van der Waals surface area contributed by atoms with Crippen LogP contribution in [0.3, 0.4) is 0 Å². The Labute approximate surface area is 120 Å². The van der Waals surface area contributed by atoms with Crippen molar-refractivity contribution in [2.75, 3.05) is 12.4 Å². The Kier molecular flexibility index (Phi) is 4.88. The normalized spacial score (nSPS) is 11.8. The summed E-state index contributed by atoms with van der Waals surface area (Å²) in [4.78, 5) is 0. The molecule has 0 aliphatic rings. The van der Waals surface area contributed by atoms with E-state index in [0.29, 0.717) is 6.04 Å². The lowest BCUT2D eigenvalue weighted by Crippen LogP contribution is -2.12. The number of anilines is 1. The molecular weight excluding hydrogens is 250 g/mol. The van der Waals surface area contributed by atoms with Crippen LogP contribution in [0, 0.1) is 0 Å². The molecule has 0 aromatic heterocycles. The SMILES string of the molecule is CCC(C)Nc1ccc(Oc2ccc(OC)cc2)cc1. The van der Waals surface area contributed by atoms with E-state index in [2.05, 4.69) is 19.2 Å². The maximum atomic E-state index is 5.78. The third-order valence-electron chi connectivity index (χ3n) is 3.17. The van der Waals surface area contributed by atoms with Crippen LogP contribution in [-0.2, 0) is 0 Å². The number of rotatable bonds is 6. The lowest BCUT2D eigenvalue weighted by molar-refractivity contribution is 0.413. The standard InChI is InChI=1S/C17H21NO2/c1-4-13(2)18-14-5-7-16(8-6-14)20-17-11-9-15(19-3)10-12-17/h5-13,18H,4H2,1-3H3. The molecule has 1 N–H and O–H groups in total. The van der Waals surface area contributed by atoms with Crippen LogP contribution in [0.4, 0.5) is 5.69 Å². The van der Waals surface area contributed by atoms with Crippen molar-refractivity contribution >= 4 is 5.69 Å². The summed E-state index contributed by atoms with van der Waals surface area (Å²) in [5.74, 6) is 2.45. The molecular formula is C17H21NO2. The molecule has 0 saturated carbocycles. The molecule has 1 atom stereocenters. The van der Waals surface area contributed by atoms with Gasteiger partial charge < -0.3 is 14.8 Å². The van der Waals surface area contributed by atoms with Gasteiger partial charge in [0.2, 0.25) is 0 Å². The average molecular weight is 271 g/mol. The highest BCUT2D eigenvalue weighted by molar-refractivity contribution is 5.47. The maximum Gasteiger partial charge on any atom is 0.127 e. The summed E-state index contributed by atoms with van der Waals surface area (Å²) in [5, 5.41) is 3.43. The van der Waals surface area contributed by atoms with Crippen molar-refractivity contribution in [1.29, 1.82) is 0 Å². The van der Waals surface area contributed by atoms with E-state index >= 15 is 0 Å². The molecule has 20 heavy (non-hydrogen) atoms. The number of hydrogen-bond donors (Lipinski definition) is 1. The van der Waals surface area contributed by atoms with Gasteiger partial charge in [-0.2, -0.15) is 0 Å². The molecule has 0 heterocycles. The Bertz CT molecular complexity index is 520. The summed E-state index contributed by atoms with van der Waals surface area (Å²) < 4.78 is 10.9. The number of benzene rings is 2. The fourth-order valence-corrected chi connectivity index (χ4v) is 1.79. The highest BCUT2D eigenvalue weighted by Crippen LogP contribution is 2.25. The first-order valence-electron chi connectivity index (χ1n) is 6.89. The van der Waals surface area contributed by atoms with E-state index in [0.717, 1.165) is 29.4 Å². The maximum absolute atomic E-state index is 5.78. The van der Waals surface area contributed by atoms with Crippen molar-refractivity contribution in [2.24, 2.45) is 0 Å². The van der Waals surface area contributed by atoms with E-state index in [1.165, 1.54) is 0 Å². The van der Waals surface area contributed by atoms with Crippen LogP contribution in [0.15, 0.2) is 48.5 Å². The smallest absolute Gasteiger partial charge is 0.127 e. The fourth-order valence-electron chi connectivity index (χ4n) is 1.79. The Morgan fingerprint density at radius 1 is 0.900 bits per heavy atom. The molecule has 0 spiro atoms. The van der Waals surface area contributed by atoms with Gasteiger partial charge in [0.05, 0.1) is 7.11 Å². The minimum Gasteiger partial charge on any atom is -0.497 e. The quantitative estimate of drug-likeness (QED) is 0.826. The average Bonchev–Trinajstić information content (AvgIpc) is 2.50. The molecule has 0 bridgehead atoms. The van der Waals surface area contributed by atoms with Crippen LogP contribution < -0.4 is 14.8 Å². The Balaban J connectivity index is 1.99. The van der Waals surface area contributed by atoms with Crippen molar-refractivity contribution in [1.82, 2.24) is 0 Å². The van der Waals surface area contributed by atoms with Crippen molar-refractivity contribution in [3.05, 3.63) is 48.5 Å². The summed E-state index contributed by atoms with van der Waals surface area (Å²) in [6.07, 6.45) is 1.10. The third kappa shape index (κ3) is 3.92. The van der Waals surface area contributed by atoms with E-state index in [1.54, 1.807) is 7.11 Å². The van der Waals surface area contributed by atoms with Gasteiger partial charge in [0, 0.05) is 11.7 Å². The molecule has 1 unspecified atom stereocenters. The van der Waals surface area contributed by atoms with Crippen molar-refractivity contribution in [3.63, 3.8) is 0 Å². The summed E-state index contributed by atoms with van der Waals surface area (Å²) in [7, 11) is 1.65. The van der Waals surface area contributed by atoms with Crippen molar-refractivity contribution in [2.45, 2.75) is 26.3 Å². The van der Waals surface area contributed by atoms with Crippen molar-refractivity contribution in [3.8, 4) is 17.2 Å². The van der Waals surface area contributed by atoms with Gasteiger partial charge in [0.25, 0.3) is 0 Å². The fraction of sp³-hybridized carbons (Fsp3) is 0.294. The summed E-state index contributed by atoms with van der Waals surface area (Å²) in [6.45, 7) is 4.33. The molecule has 3 heteroatoms. The first-order chi connectivity index (χ1) is 9.71. The van der Waals surface area contributed by atoms with Gasteiger partial charge in [-0.3, -0.25) is 0 Å². The molecule has 0 radical (unpaired) electrons. The van der Waals surface area contributed by atoms with E-state index in [1.807, 2.05) is 48.5 Å². The van der Waals surface area contributed by atoms with Gasteiger partial charge in [-0.25, -0.2) is 0 Å². The van der Waals surface area contributed by atoms with Gasteiger partial charge in [0.15, 0.2) is 0 Å². The second-order valence-corrected chi connectivity index (χ2v) is 4.76. The Morgan fingerprint density at radius 3 is 1.90 bits per heavy atom. The second-order valence-electron chi connectivity index (χ2n) is 4.76. The van der Waals surface area contributed by atoms with Crippen LogP contribution in [0.5, 0.6) is 17.2 Å². The van der Waals surface area contributed by atoms with Crippen LogP contribution in [0.2, 0.25) is 0 Å². The zero-order valence-electron chi connectivity index (χ0n) is 12.2. The number of nitrogens with one attached hydrogen (secondary N) is 1. The van der Waals surface area contributed by atoms with Crippen LogP contribution in [0.1, 0.15) is 20.3 Å². The predicted molar refractivity (Wildman–Crippen MR) is 82.9 cm³/mol. The summed E-state index contributed by atoms with van der Waals surface area (Å²) in [5.41, 5.74) is 1.11. The molecule has 0 aliphatic carbocycles. The lowest BCUT2D eigenvalue weighted by Gasteiger charge is -2.13. The molecule has 2 rings (SSSR count). The molecule has 0 aliphatic heterocycles. The zero-order valence-corrected chi connectivity index (χ0v) is 12.2. The number of methoxy groups -OCH3 is 1. The topological polar surface area (TPSA) is 30.5 Å². The minimum absolute atomic E-state index is 0.475. The van der Waals surface area contributed by atoms with E-state index < -0.39 is 0 Å². The highest BCUT2D eigenvalue weighted by atomic mass is 16.5. The molecule has 0 fully saturated rings. The van der Waals surface area contributed by atoms with Crippen molar-refractivity contribution < 1.29 is 9.47 Å². The number of ether oxygens (including phenoxy) is 2. The van der Waals surface area contributed by atoms with E-state index in [9.17, 15) is 0 Å². The molecule has 0 saturated heterocycles. The molecule has 2 aromatic carbocycles. The largest absolute Gasteiger partial charge is 0.497 e. The van der Waals surface area contributed by atoms with Gasteiger partial charge in [-0.1, -0.05) is 6.92 Å². The van der Waals surface area contributed by atoms with Crippen LogP contribution >= 0.6 is 0 Å². The second kappa shape index (κ2) is 6.85. The van der Waals surface area contributed by atoms with Gasteiger partial charge >= 0.3 is 0 Å². The molecule has 106 valence electrons. The zero-order chi connectivity index (χ0) is 14.4. The van der Waals surface area contributed by atoms with Gasteiger partial charge in [-0.05, 0) is 61.9 Å². The number of hydrogen-bond acceptors (Lipinski definition) is 3. The van der Waals surface area contributed by atoms with E-state index in [-0.39, 0.29) is 0 Å². The molecule has 0 amide bonds. The molecule has 3 nitrogen and oxygen atoms in total. The monoisotopic (exact) mass is 271 g/mol. The third-order valence-corrected chi connectivity index (χ3v) is 3.17. The first-order valence-corrected chi connectivity index (χ1v) is 6.89. The molecule has 2 aromatic rings. The van der Waals surface area contributed by atoms with Gasteiger partial charge in [0.1, 0.15) is 17.2 Å². The van der Waals surface area contributed by atoms with Gasteiger partial charge in [-0.15, -0.1) is 0 Å². The predicted octanol–water partition coefficient (Wildman–Crippen LogP) is 4.70. The summed E-state index contributed by atoms with van der Waals surface area (Å²) >= 11 is 0. The lowest BCUT2D eigenvalue weighted by atomic mass is 10.2. The first kappa shape index (κ1) is 14.3. The van der Waals surface area contributed by atoms with Crippen LogP contribution in [0.25, 0.3) is 0 Å². The van der Waals surface area contributed by atoms with Crippen LogP contribution in [-0.4, -0.2) is 13.2 Å². The summed E-state index contributed by atoms with van der Waals surface area (Å²) in [6, 6.07) is 16.0.